The summed E-state index contributed by atoms with van der Waals surface area (Å²) in [6.07, 6.45) is 6.48. The highest BCUT2D eigenvalue weighted by molar-refractivity contribution is 7.90. The number of nitrogens with two attached hydrogens (primary N) is 1. The molecule has 0 fully saturated rings. The molecule has 7 nitrogen and oxygen atoms in total. The Bertz CT molecular complexity index is 651. The quantitative estimate of drug-likeness (QED) is 0.742. The second-order valence-electron chi connectivity index (χ2n) is 5.57. The van der Waals surface area contributed by atoms with E-state index in [-0.39, 0.29) is 35.5 Å². The summed E-state index contributed by atoms with van der Waals surface area (Å²) >= 11 is 0. The smallest absolute Gasteiger partial charge is 0.256 e. The molecule has 0 atom stereocenters. The number of carbonyl (C=O) groups excluding carboxylic acids is 1. The summed E-state index contributed by atoms with van der Waals surface area (Å²) < 4.78 is 27.1. The van der Waals surface area contributed by atoms with Crippen LogP contribution in [0.5, 0.6) is 0 Å². The Morgan fingerprint density at radius 3 is 2.70 bits per heavy atom. The van der Waals surface area contributed by atoms with Crippen molar-refractivity contribution in [3.63, 3.8) is 0 Å². The highest BCUT2D eigenvalue weighted by atomic mass is 35.5. The number of nitrogens with one attached hydrogen (secondary N) is 1. The van der Waals surface area contributed by atoms with E-state index in [1.165, 1.54) is 0 Å². The van der Waals surface area contributed by atoms with Crippen molar-refractivity contribution in [2.24, 2.45) is 10.1 Å². The fourth-order valence-corrected chi connectivity index (χ4v) is 3.23. The number of carbonyl (C=O) groups is 1. The summed E-state index contributed by atoms with van der Waals surface area (Å²) in [5.41, 5.74) is 5.96. The van der Waals surface area contributed by atoms with E-state index < -0.39 is 15.6 Å². The van der Waals surface area contributed by atoms with Crippen molar-refractivity contribution < 1.29 is 13.2 Å². The third kappa shape index (κ3) is 4.55. The zero-order valence-electron chi connectivity index (χ0n) is 13.3. The number of sulfonamides is 1. The molecule has 2 aliphatic rings. The van der Waals surface area contributed by atoms with Gasteiger partial charge in [0.05, 0.1) is 11.3 Å². The molecule has 0 bridgehead atoms. The predicted molar refractivity (Wildman–Crippen MR) is 92.9 cm³/mol. The van der Waals surface area contributed by atoms with E-state index >= 15 is 0 Å². The van der Waals surface area contributed by atoms with Gasteiger partial charge in [0, 0.05) is 24.8 Å². The van der Waals surface area contributed by atoms with E-state index in [0.29, 0.717) is 13.1 Å². The van der Waals surface area contributed by atoms with Gasteiger partial charge in [0.15, 0.2) is 5.84 Å². The molecule has 1 amide bonds. The van der Waals surface area contributed by atoms with E-state index in [0.717, 1.165) is 12.8 Å². The SMILES string of the molecule is CCC(N)(CC)CNC(=O)C1=CC=CN2CCS(=O)(=O)N=C12.Cl. The number of amidine groups is 1. The summed E-state index contributed by atoms with van der Waals surface area (Å²) in [5, 5.41) is 2.79. The molecule has 23 heavy (non-hydrogen) atoms. The van der Waals surface area contributed by atoms with Gasteiger partial charge in [0.1, 0.15) is 0 Å². The van der Waals surface area contributed by atoms with Gasteiger partial charge in [-0.25, -0.2) is 8.42 Å². The minimum absolute atomic E-state index is 0. The molecule has 0 unspecified atom stereocenters. The van der Waals surface area contributed by atoms with Crippen LogP contribution in [-0.2, 0) is 14.8 Å². The van der Waals surface area contributed by atoms with E-state index in [1.807, 2.05) is 13.8 Å². The Hall–Kier alpha value is -1.38. The van der Waals surface area contributed by atoms with Gasteiger partial charge < -0.3 is 16.0 Å². The molecule has 9 heteroatoms. The molecule has 0 radical (unpaired) electrons. The Balaban J connectivity index is 0.00000264. The van der Waals surface area contributed by atoms with Crippen LogP contribution in [0.2, 0.25) is 0 Å². The first kappa shape index (κ1) is 19.7. The maximum Gasteiger partial charge on any atom is 0.256 e. The van der Waals surface area contributed by atoms with E-state index in [1.54, 1.807) is 23.3 Å². The summed E-state index contributed by atoms with van der Waals surface area (Å²) in [6.45, 7) is 4.57. The Morgan fingerprint density at radius 2 is 2.09 bits per heavy atom. The lowest BCUT2D eigenvalue weighted by atomic mass is 9.94. The van der Waals surface area contributed by atoms with E-state index in [9.17, 15) is 13.2 Å². The maximum atomic E-state index is 12.4. The van der Waals surface area contributed by atoms with E-state index in [2.05, 4.69) is 9.71 Å². The number of hydrogen-bond acceptors (Lipinski definition) is 5. The number of nitrogens with zero attached hydrogens (tertiary/aromatic N) is 2. The molecule has 3 N–H and O–H groups in total. The molecule has 0 aromatic rings. The molecule has 0 saturated heterocycles. The normalized spacial score (nSPS) is 19.2. The van der Waals surface area contributed by atoms with Crippen LogP contribution in [0.3, 0.4) is 0 Å². The molecule has 130 valence electrons. The van der Waals surface area contributed by atoms with Gasteiger partial charge in [-0.3, -0.25) is 4.79 Å². The first-order valence-electron chi connectivity index (χ1n) is 7.35. The minimum atomic E-state index is -3.51. The average Bonchev–Trinajstić information content (AvgIpc) is 2.51. The molecule has 2 aliphatic heterocycles. The number of hydrogen-bond donors (Lipinski definition) is 2. The summed E-state index contributed by atoms with van der Waals surface area (Å²) in [6, 6.07) is 0. The second kappa shape index (κ2) is 7.46. The highest BCUT2D eigenvalue weighted by Crippen LogP contribution is 2.18. The lowest BCUT2D eigenvalue weighted by Crippen LogP contribution is -2.50. The molecule has 2 heterocycles. The summed E-state index contributed by atoms with van der Waals surface area (Å²) in [7, 11) is -3.51. The van der Waals surface area contributed by atoms with Crippen molar-refractivity contribution in [3.8, 4) is 0 Å². The molecule has 0 aromatic heterocycles. The molecule has 0 aliphatic carbocycles. The van der Waals surface area contributed by atoms with E-state index in [4.69, 9.17) is 5.73 Å². The average molecular weight is 363 g/mol. The second-order valence-corrected chi connectivity index (χ2v) is 7.32. The number of allylic oxidation sites excluding steroid dienone is 2. The van der Waals surface area contributed by atoms with Crippen LogP contribution in [0.4, 0.5) is 0 Å². The van der Waals surface area contributed by atoms with Gasteiger partial charge in [-0.05, 0) is 25.0 Å². The number of halogens is 1. The van der Waals surface area contributed by atoms with Gasteiger partial charge in [0.2, 0.25) is 0 Å². The molecular weight excluding hydrogens is 340 g/mol. The molecule has 0 saturated carbocycles. The largest absolute Gasteiger partial charge is 0.350 e. The third-order valence-corrected chi connectivity index (χ3v) is 5.26. The maximum absolute atomic E-state index is 12.4. The van der Waals surface area contributed by atoms with Gasteiger partial charge in [-0.1, -0.05) is 13.8 Å². The number of fused-ring (bicyclic) bond motifs is 1. The zero-order chi connectivity index (χ0) is 16.4. The standard InChI is InChI=1S/C14H22N4O3S.ClH/c1-3-14(15,4-2)10-16-13(19)11-6-5-7-18-8-9-22(20,21)17-12(11)18;/h5-7H,3-4,8-10,15H2,1-2H3,(H,16,19);1H. The molecular formula is C14H23ClN4O3S. The van der Waals surface area contributed by atoms with Gasteiger partial charge >= 0.3 is 0 Å². The minimum Gasteiger partial charge on any atom is -0.350 e. The van der Waals surface area contributed by atoms with Crippen molar-refractivity contribution in [2.45, 2.75) is 32.2 Å². The fraction of sp³-hybridized carbons (Fsp3) is 0.571. The Labute approximate surface area is 143 Å². The van der Waals surface area contributed by atoms with Crippen LogP contribution in [0.1, 0.15) is 26.7 Å². The van der Waals surface area contributed by atoms with Crippen molar-refractivity contribution >= 4 is 34.2 Å². The fourth-order valence-electron chi connectivity index (χ4n) is 2.24. The number of rotatable bonds is 5. The van der Waals surface area contributed by atoms with Gasteiger partial charge in [-0.2, -0.15) is 0 Å². The summed E-state index contributed by atoms with van der Waals surface area (Å²) in [4.78, 5) is 14.0. The molecule has 0 aromatic carbocycles. The first-order valence-corrected chi connectivity index (χ1v) is 8.96. The third-order valence-electron chi connectivity index (χ3n) is 4.11. The molecule has 0 spiro atoms. The topological polar surface area (TPSA) is 105 Å². The van der Waals surface area contributed by atoms with Crippen molar-refractivity contribution in [3.05, 3.63) is 23.9 Å². The zero-order valence-corrected chi connectivity index (χ0v) is 14.9. The summed E-state index contributed by atoms with van der Waals surface area (Å²) in [5.74, 6) is -0.225. The van der Waals surface area contributed by atoms with Crippen molar-refractivity contribution in [1.82, 2.24) is 10.2 Å². The van der Waals surface area contributed by atoms with Gasteiger partial charge in [0.25, 0.3) is 15.9 Å². The predicted octanol–water partition coefficient (Wildman–Crippen LogP) is 0.540. The van der Waals surface area contributed by atoms with Crippen molar-refractivity contribution in [2.75, 3.05) is 18.8 Å². The first-order chi connectivity index (χ1) is 10.3. The van der Waals surface area contributed by atoms with Crippen LogP contribution >= 0.6 is 12.4 Å². The van der Waals surface area contributed by atoms with Crippen LogP contribution in [0.15, 0.2) is 28.3 Å². The van der Waals surface area contributed by atoms with Gasteiger partial charge in [-0.15, -0.1) is 16.8 Å². The molecule has 2 rings (SSSR count). The lowest BCUT2D eigenvalue weighted by molar-refractivity contribution is -0.117. The van der Waals surface area contributed by atoms with Crippen LogP contribution in [-0.4, -0.2) is 49.4 Å². The van der Waals surface area contributed by atoms with Crippen LogP contribution in [0, 0.1) is 0 Å². The lowest BCUT2D eigenvalue weighted by Gasteiger charge is -2.30. The van der Waals surface area contributed by atoms with Crippen molar-refractivity contribution in [1.29, 1.82) is 0 Å². The monoisotopic (exact) mass is 362 g/mol. The van der Waals surface area contributed by atoms with Crippen LogP contribution < -0.4 is 11.1 Å². The Kier molecular flexibility index (Phi) is 6.38. The van der Waals surface area contributed by atoms with Crippen LogP contribution in [0.25, 0.3) is 0 Å². The number of amides is 1. The Morgan fingerprint density at radius 1 is 1.43 bits per heavy atom. The highest BCUT2D eigenvalue weighted by Gasteiger charge is 2.30.